The first-order valence-corrected chi connectivity index (χ1v) is 13.1. The van der Waals surface area contributed by atoms with Gasteiger partial charge in [-0.15, -0.1) is 0 Å². The van der Waals surface area contributed by atoms with Gasteiger partial charge in [0.15, 0.2) is 0 Å². The first-order chi connectivity index (χ1) is 16.5. The number of hydrogen-bond acceptors (Lipinski definition) is 7. The number of methoxy groups -OCH3 is 1. The highest BCUT2D eigenvalue weighted by Crippen LogP contribution is 2.36. The molecule has 0 spiro atoms. The Labute approximate surface area is 200 Å². The molecule has 1 saturated heterocycles. The predicted molar refractivity (Wildman–Crippen MR) is 128 cm³/mol. The highest BCUT2D eigenvalue weighted by molar-refractivity contribution is 7.89. The monoisotopic (exact) mass is 480 g/mol. The molecule has 2 heterocycles. The van der Waals surface area contributed by atoms with Crippen molar-refractivity contribution in [2.45, 2.75) is 43.0 Å². The van der Waals surface area contributed by atoms with E-state index in [-0.39, 0.29) is 4.90 Å². The summed E-state index contributed by atoms with van der Waals surface area (Å²) in [6.45, 7) is 1.50. The molecule has 5 rings (SSSR count). The van der Waals surface area contributed by atoms with E-state index in [1.54, 1.807) is 25.3 Å². The maximum atomic E-state index is 13.1. The summed E-state index contributed by atoms with van der Waals surface area (Å²) in [4.78, 5) is 5.05. The lowest BCUT2D eigenvalue weighted by molar-refractivity contribution is 0.0730. The van der Waals surface area contributed by atoms with Gasteiger partial charge in [0.25, 0.3) is 0 Å². The quantitative estimate of drug-likeness (QED) is 0.649. The Morgan fingerprint density at radius 3 is 2.74 bits per heavy atom. The molecule has 0 bridgehead atoms. The van der Waals surface area contributed by atoms with Crippen LogP contribution in [0.2, 0.25) is 0 Å². The number of allylic oxidation sites excluding steroid dienone is 2. The summed E-state index contributed by atoms with van der Waals surface area (Å²) in [5.74, 6) is 0.515. The van der Waals surface area contributed by atoms with Gasteiger partial charge in [-0.05, 0) is 31.4 Å². The summed E-state index contributed by atoms with van der Waals surface area (Å²) in [5.41, 5.74) is 5.16. The second kappa shape index (κ2) is 9.37. The molecule has 0 unspecified atom stereocenters. The molecule has 0 amide bonds. The van der Waals surface area contributed by atoms with Gasteiger partial charge in [0.1, 0.15) is 5.75 Å². The third-order valence-electron chi connectivity index (χ3n) is 6.74. The van der Waals surface area contributed by atoms with Crippen molar-refractivity contribution in [2.24, 2.45) is 0 Å². The van der Waals surface area contributed by atoms with Crippen molar-refractivity contribution in [1.29, 1.82) is 5.26 Å². The van der Waals surface area contributed by atoms with Crippen LogP contribution in [0.25, 0.3) is 5.57 Å². The standard InChI is InChI=1S/C25H28N4O4S/c1-32-24-15-21(34(30,31)29-9-11-33-12-10-29)7-5-17(24)13-20-14-23(27-19-3-2-4-19)25-18(16-26)6-8-22(25)28-20/h5-7,14-15,19H,2-4,8-13H2,1H3,(H,27,28). The van der Waals surface area contributed by atoms with E-state index in [0.717, 1.165) is 41.0 Å². The summed E-state index contributed by atoms with van der Waals surface area (Å²) in [6, 6.07) is 9.78. The van der Waals surface area contributed by atoms with E-state index in [2.05, 4.69) is 11.4 Å². The number of anilines is 1. The molecule has 34 heavy (non-hydrogen) atoms. The number of nitrogens with zero attached hydrogens (tertiary/aromatic N) is 3. The van der Waals surface area contributed by atoms with Gasteiger partial charge in [0.05, 0.1) is 42.6 Å². The Morgan fingerprint density at radius 2 is 2.06 bits per heavy atom. The number of rotatable bonds is 7. The molecule has 0 atom stereocenters. The second-order valence-corrected chi connectivity index (χ2v) is 10.8. The van der Waals surface area contributed by atoms with Crippen LogP contribution in [0.15, 0.2) is 35.2 Å². The topological polar surface area (TPSA) is 105 Å². The lowest BCUT2D eigenvalue weighted by atomic mass is 9.92. The van der Waals surface area contributed by atoms with E-state index in [1.807, 2.05) is 12.1 Å². The van der Waals surface area contributed by atoms with Crippen LogP contribution in [0.5, 0.6) is 5.75 Å². The molecule has 1 aromatic heterocycles. The number of pyridine rings is 1. The average Bonchev–Trinajstić information content (AvgIpc) is 3.25. The smallest absolute Gasteiger partial charge is 0.243 e. The molecule has 8 nitrogen and oxygen atoms in total. The normalized spacial score (nSPS) is 18.5. The Bertz CT molecular complexity index is 1270. The maximum absolute atomic E-state index is 13.1. The number of hydrogen-bond donors (Lipinski definition) is 1. The number of nitrogens with one attached hydrogen (secondary N) is 1. The number of sulfonamides is 1. The third-order valence-corrected chi connectivity index (χ3v) is 8.63. The minimum Gasteiger partial charge on any atom is -0.496 e. The molecule has 1 saturated carbocycles. The molecule has 1 N–H and O–H groups in total. The van der Waals surface area contributed by atoms with E-state index in [0.29, 0.717) is 56.5 Å². The van der Waals surface area contributed by atoms with Gasteiger partial charge in [-0.3, -0.25) is 4.98 Å². The number of benzene rings is 1. The first-order valence-electron chi connectivity index (χ1n) is 11.6. The Kier molecular flexibility index (Phi) is 6.30. The fourth-order valence-corrected chi connectivity index (χ4v) is 6.07. The minimum atomic E-state index is -3.61. The van der Waals surface area contributed by atoms with Gasteiger partial charge in [0, 0.05) is 60.5 Å². The number of fused-ring (bicyclic) bond motifs is 1. The molecule has 0 radical (unpaired) electrons. The zero-order chi connectivity index (χ0) is 23.7. The van der Waals surface area contributed by atoms with Gasteiger partial charge in [-0.25, -0.2) is 8.42 Å². The van der Waals surface area contributed by atoms with Crippen LogP contribution in [0.4, 0.5) is 5.69 Å². The molecule has 2 aromatic rings. The van der Waals surface area contributed by atoms with E-state index < -0.39 is 10.0 Å². The molecule has 2 aliphatic carbocycles. The fraction of sp³-hybridized carbons (Fsp3) is 0.440. The van der Waals surface area contributed by atoms with Crippen LogP contribution in [-0.4, -0.2) is 57.2 Å². The van der Waals surface area contributed by atoms with Crippen LogP contribution < -0.4 is 10.1 Å². The summed E-state index contributed by atoms with van der Waals surface area (Å²) in [6.07, 6.45) is 6.54. The summed E-state index contributed by atoms with van der Waals surface area (Å²) >= 11 is 0. The number of ether oxygens (including phenoxy) is 2. The molecule has 2 fully saturated rings. The van der Waals surface area contributed by atoms with Crippen molar-refractivity contribution in [3.63, 3.8) is 0 Å². The SMILES string of the molecule is COc1cc(S(=O)(=O)N2CCOCC2)ccc1Cc1cc(NC2CCC2)c2c(n1)CC=C2C#N. The Hall–Kier alpha value is -2.93. The molecule has 1 aliphatic heterocycles. The lowest BCUT2D eigenvalue weighted by Gasteiger charge is -2.29. The second-order valence-electron chi connectivity index (χ2n) is 8.86. The first kappa shape index (κ1) is 22.8. The number of morpholine rings is 1. The molecule has 3 aliphatic rings. The zero-order valence-electron chi connectivity index (χ0n) is 19.2. The Morgan fingerprint density at radius 1 is 1.26 bits per heavy atom. The van der Waals surface area contributed by atoms with Crippen LogP contribution in [0.1, 0.15) is 41.8 Å². The highest BCUT2D eigenvalue weighted by Gasteiger charge is 2.28. The summed E-state index contributed by atoms with van der Waals surface area (Å²) in [5, 5.41) is 13.2. The van der Waals surface area contributed by atoms with Gasteiger partial charge >= 0.3 is 0 Å². The van der Waals surface area contributed by atoms with Gasteiger partial charge in [-0.1, -0.05) is 12.1 Å². The van der Waals surface area contributed by atoms with Crippen LogP contribution in [-0.2, 0) is 27.6 Å². The maximum Gasteiger partial charge on any atom is 0.243 e. The summed E-state index contributed by atoms with van der Waals surface area (Å²) < 4.78 is 38.4. The van der Waals surface area contributed by atoms with Gasteiger partial charge < -0.3 is 14.8 Å². The molecule has 9 heteroatoms. The molecule has 1 aromatic carbocycles. The van der Waals surface area contributed by atoms with Crippen molar-refractivity contribution in [1.82, 2.24) is 9.29 Å². The predicted octanol–water partition coefficient (Wildman–Crippen LogP) is 3.13. The largest absolute Gasteiger partial charge is 0.496 e. The van der Waals surface area contributed by atoms with Crippen molar-refractivity contribution < 1.29 is 17.9 Å². The molecule has 178 valence electrons. The van der Waals surface area contributed by atoms with E-state index >= 15 is 0 Å². The van der Waals surface area contributed by atoms with Gasteiger partial charge in [0.2, 0.25) is 10.0 Å². The number of aromatic nitrogens is 1. The Balaban J connectivity index is 1.44. The molecular formula is C25H28N4O4S. The van der Waals surface area contributed by atoms with E-state index in [4.69, 9.17) is 14.5 Å². The zero-order valence-corrected chi connectivity index (χ0v) is 20.0. The average molecular weight is 481 g/mol. The third kappa shape index (κ3) is 4.29. The van der Waals surface area contributed by atoms with Crippen LogP contribution >= 0.6 is 0 Å². The van der Waals surface area contributed by atoms with Crippen LogP contribution in [0.3, 0.4) is 0 Å². The lowest BCUT2D eigenvalue weighted by Crippen LogP contribution is -2.40. The van der Waals surface area contributed by atoms with E-state index in [9.17, 15) is 13.7 Å². The van der Waals surface area contributed by atoms with Gasteiger partial charge in [-0.2, -0.15) is 9.57 Å². The van der Waals surface area contributed by atoms with Crippen molar-refractivity contribution >= 4 is 21.3 Å². The summed E-state index contributed by atoms with van der Waals surface area (Å²) in [7, 11) is -2.06. The van der Waals surface area contributed by atoms with Crippen molar-refractivity contribution in [3.8, 4) is 11.8 Å². The van der Waals surface area contributed by atoms with Crippen molar-refractivity contribution in [2.75, 3.05) is 38.7 Å². The molecular weight excluding hydrogens is 452 g/mol. The number of nitriles is 1. The fourth-order valence-electron chi connectivity index (χ4n) is 4.65. The van der Waals surface area contributed by atoms with E-state index in [1.165, 1.54) is 10.7 Å². The highest BCUT2D eigenvalue weighted by atomic mass is 32.2. The van der Waals surface area contributed by atoms with Crippen molar-refractivity contribution in [3.05, 3.63) is 52.9 Å². The minimum absolute atomic E-state index is 0.215. The van der Waals surface area contributed by atoms with Crippen LogP contribution in [0, 0.1) is 11.3 Å².